The third-order valence-electron chi connectivity index (χ3n) is 2.74. The predicted octanol–water partition coefficient (Wildman–Crippen LogP) is 4.34. The topological polar surface area (TPSA) is 21.3 Å². The lowest BCUT2D eigenvalue weighted by Gasteiger charge is -2.11. The van der Waals surface area contributed by atoms with Gasteiger partial charge < -0.3 is 10.1 Å². The van der Waals surface area contributed by atoms with Crippen LogP contribution in [0.2, 0.25) is 0 Å². The van der Waals surface area contributed by atoms with Gasteiger partial charge >= 0.3 is 0 Å². The van der Waals surface area contributed by atoms with Gasteiger partial charge in [-0.1, -0.05) is 34.1 Å². The summed E-state index contributed by atoms with van der Waals surface area (Å²) in [6, 6.07) is 16.5. The van der Waals surface area contributed by atoms with Crippen molar-refractivity contribution < 1.29 is 4.74 Å². The van der Waals surface area contributed by atoms with Crippen molar-refractivity contribution in [3.8, 4) is 5.75 Å². The molecular formula is C16H18BrNOS. The van der Waals surface area contributed by atoms with Crippen molar-refractivity contribution in [2.45, 2.75) is 11.4 Å². The van der Waals surface area contributed by atoms with Crippen LogP contribution in [0.5, 0.6) is 5.75 Å². The summed E-state index contributed by atoms with van der Waals surface area (Å²) in [6.45, 7) is 1.51. The zero-order valence-electron chi connectivity index (χ0n) is 11.4. The number of thioether (sulfide) groups is 1. The molecule has 0 saturated heterocycles. The third kappa shape index (κ3) is 4.85. The zero-order valence-corrected chi connectivity index (χ0v) is 13.8. The van der Waals surface area contributed by atoms with Crippen LogP contribution in [-0.4, -0.2) is 19.4 Å². The Kier molecular flexibility index (Phi) is 6.43. The van der Waals surface area contributed by atoms with Crippen LogP contribution in [0.25, 0.3) is 0 Å². The Morgan fingerprint density at radius 3 is 2.70 bits per heavy atom. The standard InChI is InChI=1S/C16H18BrNOS/c1-18-12-13-11-14(17)7-8-16(13)19-9-10-20-15-5-3-2-4-6-15/h2-8,11,18H,9-10,12H2,1H3. The van der Waals surface area contributed by atoms with Crippen molar-refractivity contribution in [2.24, 2.45) is 0 Å². The molecular weight excluding hydrogens is 334 g/mol. The van der Waals surface area contributed by atoms with Gasteiger partial charge in [-0.15, -0.1) is 11.8 Å². The molecule has 106 valence electrons. The Balaban J connectivity index is 1.84. The van der Waals surface area contributed by atoms with Crippen molar-refractivity contribution >= 4 is 27.7 Å². The average Bonchev–Trinajstić information content (AvgIpc) is 2.47. The van der Waals surface area contributed by atoms with E-state index in [2.05, 4.69) is 51.6 Å². The summed E-state index contributed by atoms with van der Waals surface area (Å²) in [6.07, 6.45) is 0. The van der Waals surface area contributed by atoms with E-state index >= 15 is 0 Å². The molecule has 0 bridgehead atoms. The number of ether oxygens (including phenoxy) is 1. The highest BCUT2D eigenvalue weighted by atomic mass is 79.9. The summed E-state index contributed by atoms with van der Waals surface area (Å²) < 4.78 is 6.96. The number of nitrogens with one attached hydrogen (secondary N) is 1. The second kappa shape index (κ2) is 8.35. The molecule has 2 nitrogen and oxygen atoms in total. The Morgan fingerprint density at radius 1 is 1.15 bits per heavy atom. The van der Waals surface area contributed by atoms with Crippen LogP contribution in [0, 0.1) is 0 Å². The number of hydrogen-bond acceptors (Lipinski definition) is 3. The highest BCUT2D eigenvalue weighted by Crippen LogP contribution is 2.24. The van der Waals surface area contributed by atoms with Gasteiger partial charge in [0, 0.05) is 27.2 Å². The molecule has 0 aromatic heterocycles. The molecule has 0 fully saturated rings. The van der Waals surface area contributed by atoms with Crippen LogP contribution < -0.4 is 10.1 Å². The van der Waals surface area contributed by atoms with Crippen LogP contribution in [0.15, 0.2) is 57.9 Å². The maximum absolute atomic E-state index is 5.88. The molecule has 2 aromatic carbocycles. The fraction of sp³-hybridized carbons (Fsp3) is 0.250. The maximum Gasteiger partial charge on any atom is 0.123 e. The van der Waals surface area contributed by atoms with Gasteiger partial charge in [0.1, 0.15) is 5.75 Å². The molecule has 0 saturated carbocycles. The summed E-state index contributed by atoms with van der Waals surface area (Å²) >= 11 is 5.30. The lowest BCUT2D eigenvalue weighted by Crippen LogP contribution is -2.09. The van der Waals surface area contributed by atoms with Crippen molar-refractivity contribution in [1.29, 1.82) is 0 Å². The molecule has 20 heavy (non-hydrogen) atoms. The minimum Gasteiger partial charge on any atom is -0.492 e. The summed E-state index contributed by atoms with van der Waals surface area (Å²) in [7, 11) is 1.94. The quantitative estimate of drug-likeness (QED) is 0.592. The molecule has 0 heterocycles. The van der Waals surface area contributed by atoms with Gasteiger partial charge in [0.25, 0.3) is 0 Å². The largest absolute Gasteiger partial charge is 0.492 e. The highest BCUT2D eigenvalue weighted by Gasteiger charge is 2.04. The minimum absolute atomic E-state index is 0.706. The predicted molar refractivity (Wildman–Crippen MR) is 89.6 cm³/mol. The van der Waals surface area contributed by atoms with Gasteiger partial charge in [-0.3, -0.25) is 0 Å². The summed E-state index contributed by atoms with van der Waals surface area (Å²) in [5, 5.41) is 3.16. The fourth-order valence-corrected chi connectivity index (χ4v) is 3.01. The first-order chi connectivity index (χ1) is 9.79. The van der Waals surface area contributed by atoms with Crippen LogP contribution in [0.4, 0.5) is 0 Å². The van der Waals surface area contributed by atoms with E-state index in [0.29, 0.717) is 6.61 Å². The molecule has 2 aromatic rings. The second-order valence-corrected chi connectivity index (χ2v) is 6.38. The Bertz CT molecular complexity index is 533. The number of hydrogen-bond donors (Lipinski definition) is 1. The second-order valence-electron chi connectivity index (χ2n) is 4.29. The van der Waals surface area contributed by atoms with Gasteiger partial charge in [0.05, 0.1) is 6.61 Å². The smallest absolute Gasteiger partial charge is 0.123 e. The maximum atomic E-state index is 5.88. The lowest BCUT2D eigenvalue weighted by molar-refractivity contribution is 0.339. The van der Waals surface area contributed by atoms with Gasteiger partial charge in [-0.2, -0.15) is 0 Å². The number of benzene rings is 2. The Labute approximate surface area is 133 Å². The first-order valence-corrected chi connectivity index (χ1v) is 8.31. The molecule has 4 heteroatoms. The molecule has 0 radical (unpaired) electrons. The minimum atomic E-state index is 0.706. The van der Waals surface area contributed by atoms with E-state index in [9.17, 15) is 0 Å². The number of rotatable bonds is 7. The monoisotopic (exact) mass is 351 g/mol. The number of halogens is 1. The van der Waals surface area contributed by atoms with Crippen molar-refractivity contribution in [3.05, 3.63) is 58.6 Å². The normalized spacial score (nSPS) is 10.5. The first-order valence-electron chi connectivity index (χ1n) is 6.53. The lowest BCUT2D eigenvalue weighted by atomic mass is 10.2. The molecule has 0 unspecified atom stereocenters. The summed E-state index contributed by atoms with van der Waals surface area (Å²) in [5.41, 5.74) is 1.17. The molecule has 0 aliphatic rings. The van der Waals surface area contributed by atoms with Gasteiger partial charge in [-0.05, 0) is 37.4 Å². The Hall–Kier alpha value is -0.970. The van der Waals surface area contributed by atoms with Crippen LogP contribution in [0.1, 0.15) is 5.56 Å². The SMILES string of the molecule is CNCc1cc(Br)ccc1OCCSc1ccccc1. The van der Waals surface area contributed by atoms with E-state index in [4.69, 9.17) is 4.74 Å². The van der Waals surface area contributed by atoms with E-state index < -0.39 is 0 Å². The molecule has 0 aliphatic heterocycles. The molecule has 2 rings (SSSR count). The van der Waals surface area contributed by atoms with Crippen molar-refractivity contribution in [2.75, 3.05) is 19.4 Å². The van der Waals surface area contributed by atoms with E-state index in [1.807, 2.05) is 37.0 Å². The van der Waals surface area contributed by atoms with E-state index in [-0.39, 0.29) is 0 Å². The van der Waals surface area contributed by atoms with E-state index in [1.165, 1.54) is 10.5 Å². The van der Waals surface area contributed by atoms with Gasteiger partial charge in [0.15, 0.2) is 0 Å². The molecule has 0 aliphatic carbocycles. The molecule has 0 spiro atoms. The van der Waals surface area contributed by atoms with E-state index in [0.717, 1.165) is 22.5 Å². The van der Waals surface area contributed by atoms with Crippen molar-refractivity contribution in [1.82, 2.24) is 5.32 Å². The third-order valence-corrected chi connectivity index (χ3v) is 4.21. The van der Waals surface area contributed by atoms with Crippen LogP contribution in [-0.2, 0) is 6.54 Å². The zero-order chi connectivity index (χ0) is 14.2. The Morgan fingerprint density at radius 2 is 1.95 bits per heavy atom. The van der Waals surface area contributed by atoms with Crippen molar-refractivity contribution in [3.63, 3.8) is 0 Å². The summed E-state index contributed by atoms with van der Waals surface area (Å²) in [4.78, 5) is 1.28. The van der Waals surface area contributed by atoms with Crippen LogP contribution in [0.3, 0.4) is 0 Å². The highest BCUT2D eigenvalue weighted by molar-refractivity contribution is 9.10. The van der Waals surface area contributed by atoms with Gasteiger partial charge in [-0.25, -0.2) is 0 Å². The fourth-order valence-electron chi connectivity index (χ4n) is 1.85. The summed E-state index contributed by atoms with van der Waals surface area (Å²) in [5.74, 6) is 1.90. The van der Waals surface area contributed by atoms with E-state index in [1.54, 1.807) is 0 Å². The van der Waals surface area contributed by atoms with Gasteiger partial charge in [0.2, 0.25) is 0 Å². The first kappa shape index (κ1) is 15.4. The van der Waals surface area contributed by atoms with Crippen LogP contribution >= 0.6 is 27.7 Å². The molecule has 0 atom stereocenters. The molecule has 1 N–H and O–H groups in total. The average molecular weight is 352 g/mol. The molecule has 0 amide bonds.